The average Bonchev–Trinajstić information content (AvgIpc) is 2.68. The maximum absolute atomic E-state index is 12.5. The van der Waals surface area contributed by atoms with E-state index in [2.05, 4.69) is 29.6 Å². The van der Waals surface area contributed by atoms with Crippen LogP contribution in [0.15, 0.2) is 24.3 Å². The molecule has 0 spiro atoms. The van der Waals surface area contributed by atoms with Crippen molar-refractivity contribution in [3.8, 4) is 5.75 Å². The summed E-state index contributed by atoms with van der Waals surface area (Å²) >= 11 is 0. The first-order valence-corrected chi connectivity index (χ1v) is 9.58. The number of aryl methyl sites for hydroxylation is 1. The van der Waals surface area contributed by atoms with Gasteiger partial charge in [0.1, 0.15) is 11.8 Å². The number of halogens is 1. The predicted molar refractivity (Wildman–Crippen MR) is 105 cm³/mol. The largest absolute Gasteiger partial charge is 0.494 e. The van der Waals surface area contributed by atoms with Crippen molar-refractivity contribution < 1.29 is 14.3 Å². The molecule has 146 valence electrons. The third-order valence-corrected chi connectivity index (χ3v) is 5.22. The van der Waals surface area contributed by atoms with Crippen molar-refractivity contribution in [1.29, 1.82) is 0 Å². The van der Waals surface area contributed by atoms with Gasteiger partial charge in [-0.3, -0.25) is 4.79 Å². The van der Waals surface area contributed by atoms with Gasteiger partial charge in [0.25, 0.3) is 0 Å². The highest BCUT2D eigenvalue weighted by Crippen LogP contribution is 2.23. The molecule has 1 aromatic carbocycles. The summed E-state index contributed by atoms with van der Waals surface area (Å²) in [6.45, 7) is 6.46. The number of nitrogens with one attached hydrogen (secondary N) is 1. The van der Waals surface area contributed by atoms with Crippen molar-refractivity contribution in [2.45, 2.75) is 38.6 Å². The molecule has 26 heavy (non-hydrogen) atoms. The second-order valence-electron chi connectivity index (χ2n) is 6.97. The summed E-state index contributed by atoms with van der Waals surface area (Å²) in [6.07, 6.45) is 4.51. The fourth-order valence-corrected chi connectivity index (χ4v) is 3.68. The smallest absolute Gasteiger partial charge is 0.242 e. The lowest BCUT2D eigenvalue weighted by molar-refractivity contribution is -0.137. The van der Waals surface area contributed by atoms with E-state index in [1.807, 2.05) is 11.8 Å². The average molecular weight is 383 g/mol. The fourth-order valence-electron chi connectivity index (χ4n) is 3.68. The van der Waals surface area contributed by atoms with Gasteiger partial charge in [-0.05, 0) is 56.2 Å². The molecule has 6 heteroatoms. The summed E-state index contributed by atoms with van der Waals surface area (Å²) in [5.74, 6) is 1.87. The first-order valence-electron chi connectivity index (χ1n) is 9.58. The molecule has 0 saturated carbocycles. The normalized spacial score (nSPS) is 21.1. The van der Waals surface area contributed by atoms with Gasteiger partial charge in [-0.1, -0.05) is 12.1 Å². The van der Waals surface area contributed by atoms with Gasteiger partial charge < -0.3 is 19.7 Å². The SMILES string of the molecule is CCOc1ccc(CCC2CCN(C(=O)C3COCCN3)CC2)cc1.Cl. The van der Waals surface area contributed by atoms with Crippen LogP contribution >= 0.6 is 12.4 Å². The number of morpholine rings is 1. The van der Waals surface area contributed by atoms with Gasteiger partial charge in [-0.25, -0.2) is 0 Å². The molecule has 2 aliphatic heterocycles. The Morgan fingerprint density at radius 1 is 1.27 bits per heavy atom. The number of likely N-dealkylation sites (tertiary alicyclic amines) is 1. The Morgan fingerprint density at radius 2 is 2.00 bits per heavy atom. The van der Waals surface area contributed by atoms with Gasteiger partial charge in [-0.2, -0.15) is 0 Å². The third kappa shape index (κ3) is 5.86. The number of carbonyl (C=O) groups is 1. The summed E-state index contributed by atoms with van der Waals surface area (Å²) in [6, 6.07) is 8.30. The van der Waals surface area contributed by atoms with E-state index < -0.39 is 0 Å². The molecule has 1 aromatic rings. The molecule has 0 radical (unpaired) electrons. The highest BCUT2D eigenvalue weighted by atomic mass is 35.5. The number of ether oxygens (including phenoxy) is 2. The van der Waals surface area contributed by atoms with Crippen LogP contribution in [0.3, 0.4) is 0 Å². The maximum Gasteiger partial charge on any atom is 0.242 e. The molecule has 0 aliphatic carbocycles. The van der Waals surface area contributed by atoms with E-state index in [0.29, 0.717) is 25.7 Å². The number of nitrogens with zero attached hydrogens (tertiary/aromatic N) is 1. The van der Waals surface area contributed by atoms with Crippen molar-refractivity contribution in [3.63, 3.8) is 0 Å². The molecule has 1 atom stereocenters. The van der Waals surface area contributed by atoms with Gasteiger partial charge in [0.15, 0.2) is 0 Å². The number of hydrogen-bond donors (Lipinski definition) is 1. The van der Waals surface area contributed by atoms with Crippen LogP contribution in [0.2, 0.25) is 0 Å². The Hall–Kier alpha value is -1.30. The van der Waals surface area contributed by atoms with Crippen molar-refractivity contribution in [2.75, 3.05) is 39.5 Å². The zero-order valence-electron chi connectivity index (χ0n) is 15.6. The van der Waals surface area contributed by atoms with Crippen LogP contribution < -0.4 is 10.1 Å². The number of amides is 1. The molecule has 2 saturated heterocycles. The second-order valence-corrected chi connectivity index (χ2v) is 6.97. The Labute approximate surface area is 162 Å². The molecule has 0 aromatic heterocycles. The molecular weight excluding hydrogens is 352 g/mol. The number of benzene rings is 1. The van der Waals surface area contributed by atoms with E-state index in [0.717, 1.165) is 44.6 Å². The number of hydrogen-bond acceptors (Lipinski definition) is 4. The van der Waals surface area contributed by atoms with Gasteiger partial charge >= 0.3 is 0 Å². The Morgan fingerprint density at radius 3 is 2.62 bits per heavy atom. The predicted octanol–water partition coefficient (Wildman–Crippen LogP) is 2.67. The van der Waals surface area contributed by atoms with Crippen molar-refractivity contribution in [1.82, 2.24) is 10.2 Å². The molecule has 3 rings (SSSR count). The van der Waals surface area contributed by atoms with E-state index >= 15 is 0 Å². The van der Waals surface area contributed by atoms with E-state index in [-0.39, 0.29) is 24.4 Å². The van der Waals surface area contributed by atoms with Crippen molar-refractivity contribution in [3.05, 3.63) is 29.8 Å². The zero-order valence-corrected chi connectivity index (χ0v) is 16.4. The van der Waals surface area contributed by atoms with Crippen LogP contribution in [-0.2, 0) is 16.0 Å². The quantitative estimate of drug-likeness (QED) is 0.821. The highest BCUT2D eigenvalue weighted by molar-refractivity contribution is 5.85. The lowest BCUT2D eigenvalue weighted by Gasteiger charge is -2.35. The Kier molecular flexibility index (Phi) is 8.69. The maximum atomic E-state index is 12.5. The first-order chi connectivity index (χ1) is 12.3. The molecule has 2 heterocycles. The van der Waals surface area contributed by atoms with E-state index in [1.165, 1.54) is 12.0 Å². The summed E-state index contributed by atoms with van der Waals surface area (Å²) in [4.78, 5) is 14.5. The van der Waals surface area contributed by atoms with Crippen LogP contribution in [0.1, 0.15) is 31.7 Å². The third-order valence-electron chi connectivity index (χ3n) is 5.22. The molecular formula is C20H31ClN2O3. The molecule has 2 aliphatic rings. The second kappa shape index (κ2) is 10.8. The summed E-state index contributed by atoms with van der Waals surface area (Å²) in [5.41, 5.74) is 1.37. The monoisotopic (exact) mass is 382 g/mol. The minimum atomic E-state index is -0.144. The summed E-state index contributed by atoms with van der Waals surface area (Å²) < 4.78 is 10.9. The first kappa shape index (κ1) is 21.0. The van der Waals surface area contributed by atoms with Crippen molar-refractivity contribution in [2.24, 2.45) is 5.92 Å². The molecule has 1 unspecified atom stereocenters. The number of piperidine rings is 1. The van der Waals surface area contributed by atoms with E-state index in [9.17, 15) is 4.79 Å². The molecule has 0 bridgehead atoms. The standard InChI is InChI=1S/C20H30N2O3.ClH/c1-2-25-18-7-5-16(6-8-18)3-4-17-9-12-22(13-10-17)20(23)19-15-24-14-11-21-19;/h5-8,17,19,21H,2-4,9-15H2,1H3;1H. The number of rotatable bonds is 6. The Bertz CT molecular complexity index is 538. The van der Waals surface area contributed by atoms with E-state index in [1.54, 1.807) is 0 Å². The van der Waals surface area contributed by atoms with Crippen LogP contribution in [0.5, 0.6) is 5.75 Å². The van der Waals surface area contributed by atoms with E-state index in [4.69, 9.17) is 9.47 Å². The summed E-state index contributed by atoms with van der Waals surface area (Å²) in [5, 5.41) is 3.26. The van der Waals surface area contributed by atoms with Crippen LogP contribution in [0.25, 0.3) is 0 Å². The van der Waals surface area contributed by atoms with Crippen LogP contribution in [0, 0.1) is 5.92 Å². The minimum Gasteiger partial charge on any atom is -0.494 e. The molecule has 2 fully saturated rings. The van der Waals surface area contributed by atoms with Gasteiger partial charge in [-0.15, -0.1) is 12.4 Å². The lowest BCUT2D eigenvalue weighted by Crippen LogP contribution is -2.54. The molecule has 1 amide bonds. The van der Waals surface area contributed by atoms with Crippen LogP contribution in [-0.4, -0.2) is 56.3 Å². The van der Waals surface area contributed by atoms with Gasteiger partial charge in [0.05, 0.1) is 19.8 Å². The minimum absolute atomic E-state index is 0. The molecule has 1 N–H and O–H groups in total. The summed E-state index contributed by atoms with van der Waals surface area (Å²) in [7, 11) is 0. The number of carbonyl (C=O) groups excluding carboxylic acids is 1. The Balaban J connectivity index is 0.00000243. The highest BCUT2D eigenvalue weighted by Gasteiger charge is 2.29. The van der Waals surface area contributed by atoms with Crippen LogP contribution in [0.4, 0.5) is 0 Å². The lowest BCUT2D eigenvalue weighted by atomic mass is 9.90. The zero-order chi connectivity index (χ0) is 17.5. The molecule has 5 nitrogen and oxygen atoms in total. The van der Waals surface area contributed by atoms with Crippen molar-refractivity contribution >= 4 is 18.3 Å². The van der Waals surface area contributed by atoms with Gasteiger partial charge in [0, 0.05) is 19.6 Å². The van der Waals surface area contributed by atoms with Gasteiger partial charge in [0.2, 0.25) is 5.91 Å². The fraction of sp³-hybridized carbons (Fsp3) is 0.650. The topological polar surface area (TPSA) is 50.8 Å².